The van der Waals surface area contributed by atoms with E-state index in [2.05, 4.69) is 5.32 Å². The maximum atomic E-state index is 13.6. The zero-order chi connectivity index (χ0) is 17.5. The molecule has 3 heterocycles. The molecular formula is C21H34FNO3. The first kappa shape index (κ1) is 17.8. The van der Waals surface area contributed by atoms with Crippen molar-refractivity contribution in [3.63, 3.8) is 0 Å². The molecular weight excluding hydrogens is 333 g/mol. The van der Waals surface area contributed by atoms with E-state index in [-0.39, 0.29) is 6.10 Å². The van der Waals surface area contributed by atoms with Crippen LogP contribution in [0.25, 0.3) is 0 Å². The van der Waals surface area contributed by atoms with Gasteiger partial charge >= 0.3 is 0 Å². The molecule has 26 heavy (non-hydrogen) atoms. The summed E-state index contributed by atoms with van der Waals surface area (Å²) in [7, 11) is 0. The molecule has 0 spiro atoms. The average molecular weight is 368 g/mol. The summed E-state index contributed by atoms with van der Waals surface area (Å²) >= 11 is 0. The molecule has 5 heteroatoms. The number of alkyl halides is 1. The van der Waals surface area contributed by atoms with Gasteiger partial charge in [0.15, 0.2) is 0 Å². The van der Waals surface area contributed by atoms with E-state index in [1.807, 2.05) is 0 Å². The van der Waals surface area contributed by atoms with Crippen LogP contribution in [0, 0.1) is 17.8 Å². The van der Waals surface area contributed by atoms with Gasteiger partial charge in [0.1, 0.15) is 13.0 Å². The summed E-state index contributed by atoms with van der Waals surface area (Å²) in [6.45, 7) is 1.32. The van der Waals surface area contributed by atoms with Crippen LogP contribution >= 0.6 is 0 Å². The molecule has 148 valence electrons. The van der Waals surface area contributed by atoms with Gasteiger partial charge in [-0.3, -0.25) is 0 Å². The van der Waals surface area contributed by atoms with E-state index in [0.717, 1.165) is 57.5 Å². The Bertz CT molecular complexity index is 484. The third kappa shape index (κ3) is 3.57. The van der Waals surface area contributed by atoms with E-state index in [9.17, 15) is 4.39 Å². The highest BCUT2D eigenvalue weighted by Gasteiger charge is 2.45. The molecule has 3 aliphatic heterocycles. The first-order valence-electron chi connectivity index (χ1n) is 11.0. The molecule has 0 aromatic rings. The lowest BCUT2D eigenvalue weighted by atomic mass is 9.69. The minimum atomic E-state index is -0.553. The van der Waals surface area contributed by atoms with Crippen molar-refractivity contribution in [3.8, 4) is 0 Å². The molecule has 0 aromatic carbocycles. The third-order valence-electron chi connectivity index (χ3n) is 7.98. The summed E-state index contributed by atoms with van der Waals surface area (Å²) in [5.74, 6) is 2.04. The van der Waals surface area contributed by atoms with Gasteiger partial charge < -0.3 is 19.5 Å². The largest absolute Gasteiger partial charge is 0.378 e. The maximum Gasteiger partial charge on any atom is 0.147 e. The number of rotatable bonds is 4. The van der Waals surface area contributed by atoms with Crippen molar-refractivity contribution in [2.45, 2.75) is 101 Å². The van der Waals surface area contributed by atoms with Crippen LogP contribution in [-0.2, 0) is 14.2 Å². The van der Waals surface area contributed by atoms with E-state index in [0.29, 0.717) is 42.9 Å². The number of hydrogen-bond acceptors (Lipinski definition) is 4. The summed E-state index contributed by atoms with van der Waals surface area (Å²) < 4.78 is 31.4. The lowest BCUT2D eigenvalue weighted by Crippen LogP contribution is -2.50. The van der Waals surface area contributed by atoms with Crippen LogP contribution in [0.1, 0.15) is 64.2 Å². The molecule has 2 saturated carbocycles. The Kier molecular flexibility index (Phi) is 5.25. The van der Waals surface area contributed by atoms with Crippen LogP contribution < -0.4 is 5.32 Å². The fourth-order valence-electron chi connectivity index (χ4n) is 6.51. The van der Waals surface area contributed by atoms with Gasteiger partial charge in [0.25, 0.3) is 0 Å². The number of hydrogen-bond donors (Lipinski definition) is 1. The summed E-state index contributed by atoms with van der Waals surface area (Å²) in [6, 6.07) is 1.31. The average Bonchev–Trinajstić information content (AvgIpc) is 3.28. The van der Waals surface area contributed by atoms with E-state index >= 15 is 0 Å². The molecule has 3 saturated heterocycles. The third-order valence-corrected chi connectivity index (χ3v) is 7.98. The number of fused-ring (bicyclic) bond motifs is 3. The Morgan fingerprint density at radius 2 is 1.73 bits per heavy atom. The normalized spacial score (nSPS) is 51.3. The van der Waals surface area contributed by atoms with Crippen LogP contribution in [0.3, 0.4) is 0 Å². The standard InChI is InChI=1S/C21H34FNO3/c22-14-3-1-13(2-4-14)17-9-15-5-7-19(23-15)18(17)11-24-16-6-8-20-21(10-16)26-12-25-20/h13-21,23H,1-12H2/t13?,14?,15?,16?,17-,18-,19+,20?,21?/m0/s1. The molecule has 5 fully saturated rings. The van der Waals surface area contributed by atoms with Gasteiger partial charge in [0.2, 0.25) is 0 Å². The lowest BCUT2D eigenvalue weighted by Gasteiger charge is -2.44. The van der Waals surface area contributed by atoms with Crippen LogP contribution in [0.2, 0.25) is 0 Å². The molecule has 0 radical (unpaired) electrons. The highest BCUT2D eigenvalue weighted by atomic mass is 19.1. The van der Waals surface area contributed by atoms with Crippen molar-refractivity contribution in [3.05, 3.63) is 0 Å². The summed E-state index contributed by atoms with van der Waals surface area (Å²) in [6.07, 6.45) is 11.0. The van der Waals surface area contributed by atoms with Gasteiger partial charge in [-0.2, -0.15) is 0 Å². The second-order valence-electron chi connectivity index (χ2n) is 9.42. The Balaban J connectivity index is 1.20. The minimum absolute atomic E-state index is 0.240. The van der Waals surface area contributed by atoms with Crippen molar-refractivity contribution >= 4 is 0 Å². The Morgan fingerprint density at radius 3 is 2.62 bits per heavy atom. The van der Waals surface area contributed by atoms with E-state index in [4.69, 9.17) is 14.2 Å². The van der Waals surface area contributed by atoms with E-state index in [1.165, 1.54) is 19.3 Å². The minimum Gasteiger partial charge on any atom is -0.378 e. The van der Waals surface area contributed by atoms with Crippen molar-refractivity contribution in [1.82, 2.24) is 5.32 Å². The second kappa shape index (κ2) is 7.65. The van der Waals surface area contributed by atoms with Crippen molar-refractivity contribution in [2.24, 2.45) is 17.8 Å². The van der Waals surface area contributed by atoms with Crippen LogP contribution in [-0.4, -0.2) is 50.0 Å². The first-order valence-corrected chi connectivity index (χ1v) is 11.0. The molecule has 4 nitrogen and oxygen atoms in total. The molecule has 1 N–H and O–H groups in total. The smallest absolute Gasteiger partial charge is 0.147 e. The van der Waals surface area contributed by atoms with E-state index in [1.54, 1.807) is 0 Å². The number of halogens is 1. The zero-order valence-corrected chi connectivity index (χ0v) is 15.8. The summed E-state index contributed by atoms with van der Waals surface area (Å²) in [5, 5.41) is 3.84. The molecule has 2 aliphatic carbocycles. The molecule has 4 unspecified atom stereocenters. The predicted octanol–water partition coefficient (Wildman–Crippen LogP) is 3.58. The summed E-state index contributed by atoms with van der Waals surface area (Å²) in [4.78, 5) is 0. The van der Waals surface area contributed by atoms with Gasteiger partial charge in [-0.25, -0.2) is 4.39 Å². The number of piperidine rings is 1. The van der Waals surface area contributed by atoms with E-state index < -0.39 is 6.17 Å². The number of nitrogens with one attached hydrogen (secondary N) is 1. The van der Waals surface area contributed by atoms with Crippen LogP contribution in [0.15, 0.2) is 0 Å². The Morgan fingerprint density at radius 1 is 0.885 bits per heavy atom. The van der Waals surface area contributed by atoms with Crippen LogP contribution in [0.4, 0.5) is 4.39 Å². The first-order chi connectivity index (χ1) is 12.8. The SMILES string of the molecule is FC1CCC([C@@H]2CC3CC[C@@H](N3)[C@H]2COC2CCC3OCOC3C2)CC1. The maximum absolute atomic E-state index is 13.6. The van der Waals surface area contributed by atoms with Gasteiger partial charge in [0.05, 0.1) is 24.9 Å². The van der Waals surface area contributed by atoms with Gasteiger partial charge in [0, 0.05) is 24.4 Å². The van der Waals surface area contributed by atoms with Gasteiger partial charge in [-0.1, -0.05) is 0 Å². The lowest BCUT2D eigenvalue weighted by molar-refractivity contribution is -0.0591. The van der Waals surface area contributed by atoms with Gasteiger partial charge in [-0.15, -0.1) is 0 Å². The highest BCUT2D eigenvalue weighted by molar-refractivity contribution is 5.00. The second-order valence-corrected chi connectivity index (χ2v) is 9.42. The van der Waals surface area contributed by atoms with Crippen LogP contribution in [0.5, 0.6) is 0 Å². The van der Waals surface area contributed by atoms with Gasteiger partial charge in [-0.05, 0) is 69.6 Å². The molecule has 0 aromatic heterocycles. The molecule has 2 bridgehead atoms. The Hall–Kier alpha value is -0.230. The number of ether oxygens (including phenoxy) is 3. The molecule has 7 atom stereocenters. The predicted molar refractivity (Wildman–Crippen MR) is 96.6 cm³/mol. The summed E-state index contributed by atoms with van der Waals surface area (Å²) in [5.41, 5.74) is 0. The molecule has 0 amide bonds. The fourth-order valence-corrected chi connectivity index (χ4v) is 6.51. The van der Waals surface area contributed by atoms with Crippen molar-refractivity contribution in [2.75, 3.05) is 13.4 Å². The molecule has 5 rings (SSSR count). The quantitative estimate of drug-likeness (QED) is 0.824. The molecule has 5 aliphatic rings. The Labute approximate surface area is 156 Å². The van der Waals surface area contributed by atoms with Crippen molar-refractivity contribution in [1.29, 1.82) is 0 Å². The fraction of sp³-hybridized carbons (Fsp3) is 1.00. The highest BCUT2D eigenvalue weighted by Crippen LogP contribution is 2.45. The zero-order valence-electron chi connectivity index (χ0n) is 15.8. The van der Waals surface area contributed by atoms with Crippen molar-refractivity contribution < 1.29 is 18.6 Å². The topological polar surface area (TPSA) is 39.7 Å². The monoisotopic (exact) mass is 367 g/mol.